The molecule has 1 aliphatic heterocycles. The molecule has 27 heavy (non-hydrogen) atoms. The first-order valence-corrected chi connectivity index (χ1v) is 10.1. The highest BCUT2D eigenvalue weighted by Crippen LogP contribution is 2.29. The van der Waals surface area contributed by atoms with Crippen molar-refractivity contribution in [3.8, 4) is 5.75 Å². The number of halogens is 1. The van der Waals surface area contributed by atoms with Crippen LogP contribution in [0.25, 0.3) is 0 Å². The van der Waals surface area contributed by atoms with Crippen LogP contribution in [0.4, 0.5) is 5.69 Å². The van der Waals surface area contributed by atoms with Gasteiger partial charge in [0.25, 0.3) is 5.91 Å². The first-order chi connectivity index (χ1) is 12.9. The number of nitrogens with one attached hydrogen (secondary N) is 1. The summed E-state index contributed by atoms with van der Waals surface area (Å²) in [6.07, 6.45) is 0. The van der Waals surface area contributed by atoms with Crippen molar-refractivity contribution in [3.05, 3.63) is 53.1 Å². The molecule has 1 aliphatic rings. The van der Waals surface area contributed by atoms with E-state index in [-0.39, 0.29) is 23.0 Å². The first kappa shape index (κ1) is 19.6. The van der Waals surface area contributed by atoms with Gasteiger partial charge in [-0.15, -0.1) is 0 Å². The monoisotopic (exact) mass is 410 g/mol. The van der Waals surface area contributed by atoms with Crippen LogP contribution in [0.15, 0.2) is 47.4 Å². The predicted octanol–water partition coefficient (Wildman–Crippen LogP) is 2.62. The molecule has 9 heteroatoms. The second-order valence-electron chi connectivity index (χ2n) is 5.82. The van der Waals surface area contributed by atoms with Crippen molar-refractivity contribution in [3.63, 3.8) is 0 Å². The van der Waals surface area contributed by atoms with Gasteiger partial charge in [-0.25, -0.2) is 8.42 Å². The van der Waals surface area contributed by atoms with Crippen molar-refractivity contribution in [2.45, 2.75) is 4.90 Å². The molecule has 144 valence electrons. The Morgan fingerprint density at radius 2 is 1.89 bits per heavy atom. The van der Waals surface area contributed by atoms with E-state index in [1.54, 1.807) is 30.3 Å². The maximum Gasteiger partial charge on any atom is 0.259 e. The Morgan fingerprint density at radius 3 is 2.59 bits per heavy atom. The van der Waals surface area contributed by atoms with Crippen molar-refractivity contribution < 1.29 is 22.7 Å². The van der Waals surface area contributed by atoms with Crippen molar-refractivity contribution >= 4 is 33.2 Å². The van der Waals surface area contributed by atoms with Crippen LogP contribution >= 0.6 is 11.6 Å². The smallest absolute Gasteiger partial charge is 0.259 e. The number of carbonyl (C=O) groups is 1. The van der Waals surface area contributed by atoms with Crippen molar-refractivity contribution in [1.29, 1.82) is 0 Å². The van der Waals surface area contributed by atoms with Crippen molar-refractivity contribution in [2.75, 3.05) is 38.7 Å². The van der Waals surface area contributed by atoms with E-state index >= 15 is 0 Å². The normalized spacial score (nSPS) is 15.3. The van der Waals surface area contributed by atoms with Gasteiger partial charge in [0.05, 0.1) is 30.9 Å². The fraction of sp³-hybridized carbons (Fsp3) is 0.278. The summed E-state index contributed by atoms with van der Waals surface area (Å²) >= 11 is 6.13. The van der Waals surface area contributed by atoms with Crippen LogP contribution in [0.5, 0.6) is 5.75 Å². The molecule has 0 radical (unpaired) electrons. The molecule has 0 unspecified atom stereocenters. The van der Waals surface area contributed by atoms with Gasteiger partial charge in [0.1, 0.15) is 10.6 Å². The van der Waals surface area contributed by atoms with Crippen LogP contribution in [-0.4, -0.2) is 52.0 Å². The number of amides is 1. The lowest BCUT2D eigenvalue weighted by atomic mass is 10.2. The molecule has 3 rings (SSSR count). The minimum atomic E-state index is -3.78. The molecule has 0 saturated carbocycles. The van der Waals surface area contributed by atoms with Crippen molar-refractivity contribution in [2.24, 2.45) is 0 Å². The minimum Gasteiger partial charge on any atom is -0.496 e. The number of hydrogen-bond acceptors (Lipinski definition) is 5. The zero-order chi connectivity index (χ0) is 19.4. The second kappa shape index (κ2) is 8.26. The number of methoxy groups -OCH3 is 1. The van der Waals surface area contributed by atoms with E-state index in [0.717, 1.165) is 0 Å². The van der Waals surface area contributed by atoms with Crippen LogP contribution in [0, 0.1) is 0 Å². The van der Waals surface area contributed by atoms with Crippen LogP contribution in [-0.2, 0) is 14.8 Å². The van der Waals surface area contributed by atoms with Crippen LogP contribution in [0.3, 0.4) is 0 Å². The molecule has 1 N–H and O–H groups in total. The number of para-hydroxylation sites is 1. The number of sulfonamides is 1. The molecular formula is C18H19ClN2O5S. The van der Waals surface area contributed by atoms with E-state index in [4.69, 9.17) is 21.1 Å². The third kappa shape index (κ3) is 4.24. The highest BCUT2D eigenvalue weighted by atomic mass is 35.5. The van der Waals surface area contributed by atoms with Gasteiger partial charge in [0.2, 0.25) is 10.0 Å². The molecule has 0 aromatic heterocycles. The molecule has 2 aromatic carbocycles. The highest BCUT2D eigenvalue weighted by Gasteiger charge is 2.28. The van der Waals surface area contributed by atoms with Gasteiger partial charge < -0.3 is 14.8 Å². The number of anilines is 1. The van der Waals surface area contributed by atoms with Gasteiger partial charge in [0.15, 0.2) is 0 Å². The van der Waals surface area contributed by atoms with Gasteiger partial charge in [-0.3, -0.25) is 4.79 Å². The molecule has 1 fully saturated rings. The van der Waals surface area contributed by atoms with E-state index in [1.807, 2.05) is 0 Å². The molecule has 1 amide bonds. The van der Waals surface area contributed by atoms with E-state index in [1.165, 1.54) is 23.5 Å². The summed E-state index contributed by atoms with van der Waals surface area (Å²) in [6, 6.07) is 11.1. The van der Waals surface area contributed by atoms with E-state index in [0.29, 0.717) is 30.2 Å². The topological polar surface area (TPSA) is 84.9 Å². The first-order valence-electron chi connectivity index (χ1n) is 8.25. The Balaban J connectivity index is 1.88. The largest absolute Gasteiger partial charge is 0.496 e. The average Bonchev–Trinajstić information content (AvgIpc) is 2.69. The third-order valence-electron chi connectivity index (χ3n) is 4.13. The Hall–Kier alpha value is -2.13. The van der Waals surface area contributed by atoms with E-state index in [2.05, 4.69) is 5.32 Å². The van der Waals surface area contributed by atoms with Crippen LogP contribution < -0.4 is 10.1 Å². The summed E-state index contributed by atoms with van der Waals surface area (Å²) in [6.45, 7) is 1.19. The molecule has 0 aliphatic carbocycles. The zero-order valence-electron chi connectivity index (χ0n) is 14.6. The Bertz CT molecular complexity index is 943. The van der Waals surface area contributed by atoms with Crippen LogP contribution in [0.1, 0.15) is 10.4 Å². The van der Waals surface area contributed by atoms with Gasteiger partial charge >= 0.3 is 0 Å². The van der Waals surface area contributed by atoms with E-state index < -0.39 is 15.9 Å². The summed E-state index contributed by atoms with van der Waals surface area (Å²) in [4.78, 5) is 12.5. The molecule has 7 nitrogen and oxygen atoms in total. The summed E-state index contributed by atoms with van der Waals surface area (Å²) < 4.78 is 37.4. The SMILES string of the molecule is COc1ccccc1C(=O)Nc1ccc(Cl)c(S(=O)(=O)N2CCOCC2)c1. The fourth-order valence-corrected chi connectivity index (χ4v) is 4.64. The summed E-state index contributed by atoms with van der Waals surface area (Å²) in [5.41, 5.74) is 0.662. The fourth-order valence-electron chi connectivity index (χ4n) is 2.74. The molecule has 0 bridgehead atoms. The van der Waals surface area contributed by atoms with Gasteiger partial charge in [0, 0.05) is 18.8 Å². The second-order valence-corrected chi connectivity index (χ2v) is 8.13. The lowest BCUT2D eigenvalue weighted by Crippen LogP contribution is -2.40. The maximum absolute atomic E-state index is 12.9. The number of benzene rings is 2. The van der Waals surface area contributed by atoms with Gasteiger partial charge in [-0.05, 0) is 30.3 Å². The number of nitrogens with zero attached hydrogens (tertiary/aromatic N) is 1. The standard InChI is InChI=1S/C18H19ClN2O5S/c1-25-16-5-3-2-4-14(16)18(22)20-13-6-7-15(19)17(12-13)27(23,24)21-8-10-26-11-9-21/h2-7,12H,8-11H2,1H3,(H,20,22). The Kier molecular flexibility index (Phi) is 6.01. The third-order valence-corrected chi connectivity index (χ3v) is 6.51. The Morgan fingerprint density at radius 1 is 1.19 bits per heavy atom. The molecule has 1 saturated heterocycles. The van der Waals surface area contributed by atoms with Crippen LogP contribution in [0.2, 0.25) is 5.02 Å². The summed E-state index contributed by atoms with van der Waals surface area (Å²) in [7, 11) is -2.31. The highest BCUT2D eigenvalue weighted by molar-refractivity contribution is 7.89. The average molecular weight is 411 g/mol. The summed E-state index contributed by atoms with van der Waals surface area (Å²) in [5, 5.41) is 2.78. The number of rotatable bonds is 5. The molecular weight excluding hydrogens is 392 g/mol. The van der Waals surface area contributed by atoms with Gasteiger partial charge in [-0.2, -0.15) is 4.31 Å². The van der Waals surface area contributed by atoms with Gasteiger partial charge in [-0.1, -0.05) is 23.7 Å². The lowest BCUT2D eigenvalue weighted by molar-refractivity contribution is 0.0730. The number of carbonyl (C=O) groups excluding carboxylic acids is 1. The Labute approximate surface area is 162 Å². The minimum absolute atomic E-state index is 0.0520. The number of morpholine rings is 1. The molecule has 0 spiro atoms. The number of hydrogen-bond donors (Lipinski definition) is 1. The zero-order valence-corrected chi connectivity index (χ0v) is 16.2. The molecule has 1 heterocycles. The molecule has 0 atom stereocenters. The lowest BCUT2D eigenvalue weighted by Gasteiger charge is -2.26. The maximum atomic E-state index is 12.9. The van der Waals surface area contributed by atoms with E-state index in [9.17, 15) is 13.2 Å². The number of ether oxygens (including phenoxy) is 2. The predicted molar refractivity (Wildman–Crippen MR) is 102 cm³/mol. The van der Waals surface area contributed by atoms with Crippen molar-refractivity contribution in [1.82, 2.24) is 4.31 Å². The summed E-state index contributed by atoms with van der Waals surface area (Å²) in [5.74, 6) is 0.00891. The molecule has 2 aromatic rings. The quantitative estimate of drug-likeness (QED) is 0.819.